The van der Waals surface area contributed by atoms with Gasteiger partial charge in [0.2, 0.25) is 5.91 Å². The summed E-state index contributed by atoms with van der Waals surface area (Å²) in [6.45, 7) is 4.76. The molecular weight excluding hydrogens is 352 g/mol. The Hall–Kier alpha value is -2.60. The first kappa shape index (κ1) is 17.5. The fourth-order valence-electron chi connectivity index (χ4n) is 4.62. The van der Waals surface area contributed by atoms with Gasteiger partial charge in [0.25, 0.3) is 0 Å². The maximum Gasteiger partial charge on any atom is 0.228 e. The number of ether oxygens (including phenoxy) is 1. The molecule has 2 atom stereocenters. The van der Waals surface area contributed by atoms with Crippen LogP contribution in [0, 0.1) is 5.92 Å². The maximum atomic E-state index is 12.9. The lowest BCUT2D eigenvalue weighted by Gasteiger charge is -2.33. The number of amides is 1. The second kappa shape index (κ2) is 6.78. The van der Waals surface area contributed by atoms with Gasteiger partial charge in [-0.2, -0.15) is 0 Å². The Morgan fingerprint density at radius 2 is 2.00 bits per heavy atom. The second-order valence-electron chi connectivity index (χ2n) is 8.19. The summed E-state index contributed by atoms with van der Waals surface area (Å²) >= 11 is 0. The van der Waals surface area contributed by atoms with Crippen molar-refractivity contribution in [2.24, 2.45) is 5.92 Å². The summed E-state index contributed by atoms with van der Waals surface area (Å²) in [6.07, 6.45) is 3.58. The molecule has 2 aliphatic heterocycles. The number of para-hydroxylation sites is 1. The Balaban J connectivity index is 1.25. The fourth-order valence-corrected chi connectivity index (χ4v) is 4.62. The van der Waals surface area contributed by atoms with Crippen molar-refractivity contribution in [1.29, 1.82) is 0 Å². The minimum Gasteiger partial charge on any atom is -0.493 e. The molecule has 6 heteroatoms. The van der Waals surface area contributed by atoms with E-state index in [0.717, 1.165) is 56.3 Å². The highest BCUT2D eigenvalue weighted by atomic mass is 16.5. The summed E-state index contributed by atoms with van der Waals surface area (Å²) in [5.74, 6) is 2.01. The molecule has 0 bridgehead atoms. The first-order chi connectivity index (χ1) is 13.7. The Morgan fingerprint density at radius 3 is 2.79 bits per heavy atom. The highest BCUT2D eigenvalue weighted by Gasteiger charge is 2.60. The molecule has 1 amide bonds. The topological polar surface area (TPSA) is 57.7 Å². The molecule has 2 aromatic rings. The third-order valence-electron chi connectivity index (χ3n) is 6.46. The first-order valence-electron chi connectivity index (χ1n) is 10.1. The van der Waals surface area contributed by atoms with Gasteiger partial charge in [0.1, 0.15) is 11.6 Å². The molecule has 1 saturated heterocycles. The molecule has 2 unspecified atom stereocenters. The largest absolute Gasteiger partial charge is 0.493 e. The molecule has 28 heavy (non-hydrogen) atoms. The van der Waals surface area contributed by atoms with E-state index in [9.17, 15) is 4.79 Å². The number of nitrogens with zero attached hydrogens (tertiary/aromatic N) is 3. The van der Waals surface area contributed by atoms with Gasteiger partial charge in [0.15, 0.2) is 0 Å². The van der Waals surface area contributed by atoms with E-state index < -0.39 is 0 Å². The Kier molecular flexibility index (Phi) is 4.23. The molecule has 146 valence electrons. The number of pyridine rings is 1. The Morgan fingerprint density at radius 1 is 1.18 bits per heavy atom. The lowest BCUT2D eigenvalue weighted by molar-refractivity contribution is -0.117. The number of hydrogen-bond acceptors (Lipinski definition) is 5. The Labute approximate surface area is 165 Å². The monoisotopic (exact) mass is 378 g/mol. The van der Waals surface area contributed by atoms with Crippen LogP contribution in [-0.4, -0.2) is 55.6 Å². The predicted octanol–water partition coefficient (Wildman–Crippen LogP) is 2.51. The number of likely N-dealkylation sites (N-methyl/N-ethyl adjacent to an activating group) is 1. The molecule has 2 fully saturated rings. The van der Waals surface area contributed by atoms with Crippen molar-refractivity contribution in [3.8, 4) is 5.75 Å². The van der Waals surface area contributed by atoms with Crippen LogP contribution >= 0.6 is 0 Å². The number of carbonyl (C=O) groups is 1. The minimum atomic E-state index is -0.0495. The van der Waals surface area contributed by atoms with E-state index in [0.29, 0.717) is 6.61 Å². The molecule has 5 rings (SSSR count). The minimum absolute atomic E-state index is 0.00913. The lowest BCUT2D eigenvalue weighted by atomic mass is 9.87. The molecule has 1 aromatic carbocycles. The molecule has 1 saturated carbocycles. The molecule has 6 nitrogen and oxygen atoms in total. The second-order valence-corrected chi connectivity index (χ2v) is 8.19. The van der Waals surface area contributed by atoms with E-state index in [4.69, 9.17) is 4.74 Å². The van der Waals surface area contributed by atoms with Crippen LogP contribution in [0.2, 0.25) is 0 Å². The van der Waals surface area contributed by atoms with Crippen LogP contribution in [0.4, 0.5) is 11.5 Å². The lowest BCUT2D eigenvalue weighted by Crippen LogP contribution is -2.44. The molecule has 0 radical (unpaired) electrons. The third-order valence-corrected chi connectivity index (χ3v) is 6.46. The van der Waals surface area contributed by atoms with Crippen LogP contribution in [-0.2, 0) is 10.2 Å². The number of hydrogen-bond donors (Lipinski definition) is 1. The summed E-state index contributed by atoms with van der Waals surface area (Å²) < 4.78 is 5.77. The van der Waals surface area contributed by atoms with E-state index in [1.54, 1.807) is 6.20 Å². The number of rotatable bonds is 3. The molecular formula is C22H26N4O2. The number of piperazine rings is 1. The number of fused-ring (bicyclic) bond motifs is 2. The van der Waals surface area contributed by atoms with E-state index in [-0.39, 0.29) is 17.2 Å². The van der Waals surface area contributed by atoms with Gasteiger partial charge < -0.3 is 19.9 Å². The van der Waals surface area contributed by atoms with Gasteiger partial charge >= 0.3 is 0 Å². The standard InChI is InChI=1S/C22H26N4O2/c1-25-9-11-26(12-10-25)20-7-6-16(15-23-20)24-21(27)18-14-22(18)8-13-28-19-5-3-2-4-17(19)22/h2-7,15,18H,8-14H2,1H3,(H,24,27). The zero-order chi connectivity index (χ0) is 19.1. The van der Waals surface area contributed by atoms with Crippen molar-refractivity contribution in [3.63, 3.8) is 0 Å². The quantitative estimate of drug-likeness (QED) is 0.889. The number of aromatic nitrogens is 1. The van der Waals surface area contributed by atoms with Gasteiger partial charge in [0.05, 0.1) is 18.5 Å². The normalized spacial score (nSPS) is 26.5. The predicted molar refractivity (Wildman–Crippen MR) is 109 cm³/mol. The zero-order valence-corrected chi connectivity index (χ0v) is 16.2. The summed E-state index contributed by atoms with van der Waals surface area (Å²) in [4.78, 5) is 22.1. The van der Waals surface area contributed by atoms with Crippen molar-refractivity contribution in [1.82, 2.24) is 9.88 Å². The van der Waals surface area contributed by atoms with Crippen molar-refractivity contribution in [2.75, 3.05) is 50.1 Å². The van der Waals surface area contributed by atoms with Crippen LogP contribution < -0.4 is 15.0 Å². The summed E-state index contributed by atoms with van der Waals surface area (Å²) in [6, 6.07) is 12.1. The van der Waals surface area contributed by atoms with Crippen LogP contribution in [0.1, 0.15) is 18.4 Å². The van der Waals surface area contributed by atoms with Gasteiger partial charge in [-0.1, -0.05) is 18.2 Å². The van der Waals surface area contributed by atoms with Crippen molar-refractivity contribution >= 4 is 17.4 Å². The number of carbonyl (C=O) groups excluding carboxylic acids is 1. The van der Waals surface area contributed by atoms with Crippen molar-refractivity contribution in [2.45, 2.75) is 18.3 Å². The highest BCUT2D eigenvalue weighted by molar-refractivity contribution is 5.96. The molecule has 1 aromatic heterocycles. The zero-order valence-electron chi connectivity index (χ0n) is 16.2. The van der Waals surface area contributed by atoms with Gasteiger partial charge in [0, 0.05) is 43.1 Å². The van der Waals surface area contributed by atoms with Gasteiger partial charge in [-0.15, -0.1) is 0 Å². The van der Waals surface area contributed by atoms with Crippen molar-refractivity contribution < 1.29 is 9.53 Å². The van der Waals surface area contributed by atoms with E-state index in [1.807, 2.05) is 30.3 Å². The SMILES string of the molecule is CN1CCN(c2ccc(NC(=O)C3CC34CCOc3ccccc34)cn2)CC1. The van der Waals surface area contributed by atoms with Crippen molar-refractivity contribution in [3.05, 3.63) is 48.2 Å². The number of nitrogens with one attached hydrogen (secondary N) is 1. The molecule has 3 aliphatic rings. The first-order valence-corrected chi connectivity index (χ1v) is 10.1. The fraction of sp³-hybridized carbons (Fsp3) is 0.455. The highest BCUT2D eigenvalue weighted by Crippen LogP contribution is 2.60. The molecule has 1 N–H and O–H groups in total. The third kappa shape index (κ3) is 3.02. The average molecular weight is 378 g/mol. The Bertz CT molecular complexity index is 876. The van der Waals surface area contributed by atoms with Gasteiger partial charge in [-0.3, -0.25) is 4.79 Å². The molecule has 1 spiro atoms. The number of benzene rings is 1. The van der Waals surface area contributed by atoms with Crippen LogP contribution in [0.3, 0.4) is 0 Å². The van der Waals surface area contributed by atoms with Crippen LogP contribution in [0.15, 0.2) is 42.6 Å². The molecule has 1 aliphatic carbocycles. The van der Waals surface area contributed by atoms with E-state index >= 15 is 0 Å². The summed E-state index contributed by atoms with van der Waals surface area (Å²) in [7, 11) is 2.14. The van der Waals surface area contributed by atoms with Gasteiger partial charge in [-0.05, 0) is 38.1 Å². The number of anilines is 2. The van der Waals surface area contributed by atoms with E-state index in [1.165, 1.54) is 5.56 Å². The molecule has 3 heterocycles. The summed E-state index contributed by atoms with van der Waals surface area (Å²) in [5.41, 5.74) is 1.90. The van der Waals surface area contributed by atoms with Crippen LogP contribution in [0.25, 0.3) is 0 Å². The smallest absolute Gasteiger partial charge is 0.228 e. The van der Waals surface area contributed by atoms with Gasteiger partial charge in [-0.25, -0.2) is 4.98 Å². The summed E-state index contributed by atoms with van der Waals surface area (Å²) in [5, 5.41) is 3.07. The maximum absolute atomic E-state index is 12.9. The van der Waals surface area contributed by atoms with E-state index in [2.05, 4.69) is 33.2 Å². The average Bonchev–Trinajstić information content (AvgIpc) is 3.44. The van der Waals surface area contributed by atoms with Crippen LogP contribution in [0.5, 0.6) is 5.75 Å².